The lowest BCUT2D eigenvalue weighted by molar-refractivity contribution is 0.0980. The van der Waals surface area contributed by atoms with E-state index in [0.29, 0.717) is 35.0 Å². The summed E-state index contributed by atoms with van der Waals surface area (Å²) in [5.74, 6) is -1.70. The van der Waals surface area contributed by atoms with Crippen molar-refractivity contribution in [3.8, 4) is 0 Å². The van der Waals surface area contributed by atoms with E-state index in [-0.39, 0.29) is 11.4 Å². The zero-order valence-electron chi connectivity index (χ0n) is 15.4. The number of anilines is 1. The van der Waals surface area contributed by atoms with Crippen molar-refractivity contribution in [2.75, 3.05) is 32.1 Å². The molecule has 0 aliphatic rings. The molecule has 0 aliphatic carbocycles. The van der Waals surface area contributed by atoms with Gasteiger partial charge in [0.1, 0.15) is 11.3 Å². The maximum atomic E-state index is 14.0. The van der Waals surface area contributed by atoms with E-state index < -0.39 is 11.6 Å². The molecule has 0 N–H and O–H groups in total. The van der Waals surface area contributed by atoms with E-state index in [0.717, 1.165) is 23.9 Å². The first kappa shape index (κ1) is 19.4. The molecule has 27 heavy (non-hydrogen) atoms. The summed E-state index contributed by atoms with van der Waals surface area (Å²) >= 11 is 1.09. The number of halogens is 2. The summed E-state index contributed by atoms with van der Waals surface area (Å²) in [5, 5.41) is 4.60. The van der Waals surface area contributed by atoms with E-state index in [4.69, 9.17) is 0 Å². The molecule has 0 unspecified atom stereocenters. The van der Waals surface area contributed by atoms with Gasteiger partial charge in [0, 0.05) is 25.4 Å². The van der Waals surface area contributed by atoms with Crippen molar-refractivity contribution in [3.05, 3.63) is 41.7 Å². The van der Waals surface area contributed by atoms with Crippen molar-refractivity contribution < 1.29 is 13.6 Å². The molecule has 6 nitrogen and oxygen atoms in total. The number of hydrogen-bond donors (Lipinski definition) is 0. The number of amides is 1. The van der Waals surface area contributed by atoms with Crippen LogP contribution in [0.5, 0.6) is 0 Å². The second-order valence-electron chi connectivity index (χ2n) is 6.40. The third kappa shape index (κ3) is 4.30. The van der Waals surface area contributed by atoms with Crippen molar-refractivity contribution >= 4 is 32.6 Å². The van der Waals surface area contributed by atoms with Crippen molar-refractivity contribution in [2.45, 2.75) is 19.9 Å². The lowest BCUT2D eigenvalue weighted by atomic mass is 10.3. The van der Waals surface area contributed by atoms with E-state index in [1.165, 1.54) is 11.0 Å². The fourth-order valence-electron chi connectivity index (χ4n) is 2.68. The number of fused-ring (bicyclic) bond motifs is 1. The van der Waals surface area contributed by atoms with Gasteiger partial charge in [-0.2, -0.15) is 5.10 Å². The highest BCUT2D eigenvalue weighted by Crippen LogP contribution is 2.32. The zero-order valence-corrected chi connectivity index (χ0v) is 16.3. The van der Waals surface area contributed by atoms with E-state index in [1.807, 2.05) is 25.9 Å². The monoisotopic (exact) mass is 393 g/mol. The summed E-state index contributed by atoms with van der Waals surface area (Å²) in [7, 11) is 3.90. The molecule has 9 heteroatoms. The van der Waals surface area contributed by atoms with Gasteiger partial charge in [0.05, 0.1) is 4.70 Å². The molecule has 1 amide bonds. The van der Waals surface area contributed by atoms with Gasteiger partial charge in [-0.3, -0.25) is 14.4 Å². The summed E-state index contributed by atoms with van der Waals surface area (Å²) in [6.45, 7) is 3.77. The topological polar surface area (TPSA) is 54.3 Å². The molecule has 0 bridgehead atoms. The first-order valence-electron chi connectivity index (χ1n) is 8.64. The number of carbonyl (C=O) groups excluding carboxylic acids is 1. The Balaban J connectivity index is 1.95. The highest BCUT2D eigenvalue weighted by atomic mass is 32.1. The van der Waals surface area contributed by atoms with Crippen molar-refractivity contribution in [2.24, 2.45) is 0 Å². The molecule has 0 spiro atoms. The van der Waals surface area contributed by atoms with E-state index in [2.05, 4.69) is 10.1 Å². The number of hydrogen-bond acceptors (Lipinski definition) is 5. The third-order valence-corrected chi connectivity index (χ3v) is 5.07. The van der Waals surface area contributed by atoms with Crippen LogP contribution in [0.3, 0.4) is 0 Å². The summed E-state index contributed by atoms with van der Waals surface area (Å²) in [4.78, 5) is 20.8. The average molecular weight is 393 g/mol. The summed E-state index contributed by atoms with van der Waals surface area (Å²) in [6.07, 6.45) is 2.44. The van der Waals surface area contributed by atoms with Gasteiger partial charge in [0.2, 0.25) is 0 Å². The summed E-state index contributed by atoms with van der Waals surface area (Å²) in [5.41, 5.74) is 0.369. The van der Waals surface area contributed by atoms with Crippen LogP contribution in [-0.2, 0) is 6.54 Å². The number of benzene rings is 1. The maximum Gasteiger partial charge on any atom is 0.280 e. The summed E-state index contributed by atoms with van der Waals surface area (Å²) < 4.78 is 29.6. The number of aryl methyl sites for hydroxylation is 1. The molecule has 3 aromatic rings. The van der Waals surface area contributed by atoms with Gasteiger partial charge in [-0.25, -0.2) is 13.8 Å². The van der Waals surface area contributed by atoms with Gasteiger partial charge >= 0.3 is 0 Å². The van der Waals surface area contributed by atoms with Crippen LogP contribution in [0, 0.1) is 11.6 Å². The largest absolute Gasteiger partial charge is 0.309 e. The minimum atomic E-state index is -0.733. The molecule has 0 radical (unpaired) electrons. The second kappa shape index (κ2) is 8.10. The molecular weight excluding hydrogens is 372 g/mol. The van der Waals surface area contributed by atoms with E-state index in [9.17, 15) is 13.6 Å². The van der Waals surface area contributed by atoms with Crippen LogP contribution in [0.2, 0.25) is 0 Å². The molecule has 2 aromatic heterocycles. The highest BCUT2D eigenvalue weighted by molar-refractivity contribution is 7.22. The molecule has 0 aliphatic heterocycles. The Morgan fingerprint density at radius 2 is 2.04 bits per heavy atom. The molecule has 0 fully saturated rings. The smallest absolute Gasteiger partial charge is 0.280 e. The second-order valence-corrected chi connectivity index (χ2v) is 7.41. The van der Waals surface area contributed by atoms with Gasteiger partial charge in [0.25, 0.3) is 5.91 Å². The first-order chi connectivity index (χ1) is 12.9. The molecule has 1 aromatic carbocycles. The summed E-state index contributed by atoms with van der Waals surface area (Å²) in [6, 6.07) is 3.68. The van der Waals surface area contributed by atoms with Crippen LogP contribution in [0.15, 0.2) is 24.4 Å². The molecule has 0 saturated heterocycles. The Bertz CT molecular complexity index is 953. The third-order valence-electron chi connectivity index (χ3n) is 4.05. The van der Waals surface area contributed by atoms with Crippen LogP contribution in [0.25, 0.3) is 10.2 Å². The minimum absolute atomic E-state index is 0.0703. The number of aromatic nitrogens is 3. The number of carbonyl (C=O) groups is 1. The normalized spacial score (nSPS) is 11.5. The van der Waals surface area contributed by atoms with Crippen molar-refractivity contribution in [1.29, 1.82) is 0 Å². The van der Waals surface area contributed by atoms with Crippen LogP contribution >= 0.6 is 11.3 Å². The minimum Gasteiger partial charge on any atom is -0.309 e. The van der Waals surface area contributed by atoms with Gasteiger partial charge in [0.15, 0.2) is 16.6 Å². The Hall–Kier alpha value is -2.39. The van der Waals surface area contributed by atoms with Gasteiger partial charge in [-0.15, -0.1) is 0 Å². The predicted octanol–water partition coefficient (Wildman–Crippen LogP) is 3.39. The molecule has 0 saturated carbocycles. The fourth-order valence-corrected chi connectivity index (χ4v) is 3.71. The maximum absolute atomic E-state index is 14.0. The fraction of sp³-hybridized carbons (Fsp3) is 0.389. The Morgan fingerprint density at radius 3 is 2.70 bits per heavy atom. The van der Waals surface area contributed by atoms with Gasteiger partial charge in [-0.1, -0.05) is 11.3 Å². The Labute approximate surface area is 160 Å². The lowest BCUT2D eigenvalue weighted by Crippen LogP contribution is -2.33. The molecular formula is C18H21F2N5OS. The van der Waals surface area contributed by atoms with Gasteiger partial charge < -0.3 is 4.90 Å². The van der Waals surface area contributed by atoms with Crippen LogP contribution < -0.4 is 4.90 Å². The highest BCUT2D eigenvalue weighted by Gasteiger charge is 2.24. The number of rotatable bonds is 7. The average Bonchev–Trinajstić information content (AvgIpc) is 3.24. The van der Waals surface area contributed by atoms with Gasteiger partial charge in [-0.05, 0) is 46.1 Å². The standard InChI is InChI=1S/C18H21F2N5OS/c1-4-24-9-6-14(22-24)17(26)25(8-5-7-23(2)3)18-21-16-13(20)10-12(19)11-15(16)27-18/h6,9-11H,4-5,7-8H2,1-3H3. The van der Waals surface area contributed by atoms with Crippen LogP contribution in [-0.4, -0.2) is 52.8 Å². The SMILES string of the molecule is CCn1ccc(C(=O)N(CCCN(C)C)c2nc3c(F)cc(F)cc3s2)n1. The Morgan fingerprint density at radius 1 is 1.26 bits per heavy atom. The van der Waals surface area contributed by atoms with Crippen molar-refractivity contribution in [1.82, 2.24) is 19.7 Å². The predicted molar refractivity (Wildman–Crippen MR) is 102 cm³/mol. The number of nitrogens with zero attached hydrogens (tertiary/aromatic N) is 5. The number of thiazole rings is 1. The first-order valence-corrected chi connectivity index (χ1v) is 9.46. The molecule has 0 atom stereocenters. The molecule has 2 heterocycles. The zero-order chi connectivity index (χ0) is 19.6. The quantitative estimate of drug-likeness (QED) is 0.618. The Kier molecular flexibility index (Phi) is 5.81. The molecule has 3 rings (SSSR count). The lowest BCUT2D eigenvalue weighted by Gasteiger charge is -2.20. The van der Waals surface area contributed by atoms with E-state index in [1.54, 1.807) is 16.9 Å². The van der Waals surface area contributed by atoms with Crippen LogP contribution in [0.4, 0.5) is 13.9 Å². The van der Waals surface area contributed by atoms with E-state index >= 15 is 0 Å². The van der Waals surface area contributed by atoms with Crippen LogP contribution in [0.1, 0.15) is 23.8 Å². The molecule has 144 valence electrons. The van der Waals surface area contributed by atoms with Crippen molar-refractivity contribution in [3.63, 3.8) is 0 Å².